The van der Waals surface area contributed by atoms with Gasteiger partial charge in [0.15, 0.2) is 11.4 Å². The lowest BCUT2D eigenvalue weighted by atomic mass is 9.80. The fourth-order valence-electron chi connectivity index (χ4n) is 1.05. The van der Waals surface area contributed by atoms with Crippen LogP contribution in [-0.4, -0.2) is 27.2 Å². The van der Waals surface area contributed by atoms with Gasteiger partial charge in [-0.05, 0) is 26.0 Å². The predicted molar refractivity (Wildman–Crippen MR) is 44.5 cm³/mol. The van der Waals surface area contributed by atoms with Gasteiger partial charge in [0.05, 0.1) is 5.60 Å². The molecule has 3 nitrogen and oxygen atoms in total. The van der Waals surface area contributed by atoms with Crippen molar-refractivity contribution in [2.45, 2.75) is 25.0 Å². The van der Waals surface area contributed by atoms with E-state index in [0.717, 1.165) is 0 Å². The van der Waals surface area contributed by atoms with Crippen LogP contribution in [-0.2, 0) is 4.79 Å². The van der Waals surface area contributed by atoms with Crippen molar-refractivity contribution in [3.05, 3.63) is 24.3 Å². The van der Waals surface area contributed by atoms with Crippen LogP contribution in [0, 0.1) is 0 Å². The van der Waals surface area contributed by atoms with Gasteiger partial charge in [0.2, 0.25) is 0 Å². The van der Waals surface area contributed by atoms with E-state index in [2.05, 4.69) is 0 Å². The van der Waals surface area contributed by atoms with E-state index in [0.29, 0.717) is 0 Å². The number of carbonyl (C=O) groups excluding carboxylic acids is 1. The van der Waals surface area contributed by atoms with Gasteiger partial charge in [-0.15, -0.1) is 0 Å². The second kappa shape index (κ2) is 2.54. The Kier molecular flexibility index (Phi) is 1.94. The highest BCUT2D eigenvalue weighted by Crippen LogP contribution is 2.26. The van der Waals surface area contributed by atoms with Crippen LogP contribution in [0.25, 0.3) is 0 Å². The molecule has 0 aliphatic heterocycles. The average molecular weight is 168 g/mol. The van der Waals surface area contributed by atoms with Gasteiger partial charge >= 0.3 is 0 Å². The molecule has 3 heteroatoms. The first kappa shape index (κ1) is 9.16. The Labute approximate surface area is 71.0 Å². The molecule has 1 aliphatic rings. The molecule has 12 heavy (non-hydrogen) atoms. The van der Waals surface area contributed by atoms with Gasteiger partial charge in [0, 0.05) is 0 Å². The molecular weight excluding hydrogens is 156 g/mol. The van der Waals surface area contributed by atoms with E-state index in [4.69, 9.17) is 0 Å². The zero-order valence-electron chi connectivity index (χ0n) is 7.11. The molecule has 0 aromatic rings. The standard InChI is InChI=1S/C9H12O3/c1-8(2,11)9(12)6-4-3-5-7(9)10/h3-6,11-12H,1-2H3. The first-order valence-corrected chi connectivity index (χ1v) is 3.73. The number of ketones is 1. The zero-order chi connectivity index (χ0) is 9.41. The highest BCUT2D eigenvalue weighted by molar-refractivity contribution is 6.00. The van der Waals surface area contributed by atoms with E-state index in [-0.39, 0.29) is 0 Å². The molecule has 0 amide bonds. The van der Waals surface area contributed by atoms with Gasteiger partial charge < -0.3 is 10.2 Å². The largest absolute Gasteiger partial charge is 0.387 e. The van der Waals surface area contributed by atoms with Crippen molar-refractivity contribution < 1.29 is 15.0 Å². The molecule has 0 aromatic heterocycles. The van der Waals surface area contributed by atoms with Crippen molar-refractivity contribution >= 4 is 5.78 Å². The maximum Gasteiger partial charge on any atom is 0.194 e. The first-order valence-electron chi connectivity index (χ1n) is 3.73. The molecule has 66 valence electrons. The van der Waals surface area contributed by atoms with Crippen molar-refractivity contribution in [1.82, 2.24) is 0 Å². The molecule has 0 spiro atoms. The van der Waals surface area contributed by atoms with E-state index in [9.17, 15) is 15.0 Å². The van der Waals surface area contributed by atoms with Gasteiger partial charge in [0.25, 0.3) is 0 Å². The van der Waals surface area contributed by atoms with E-state index < -0.39 is 17.0 Å². The van der Waals surface area contributed by atoms with Crippen molar-refractivity contribution in [1.29, 1.82) is 0 Å². The smallest absolute Gasteiger partial charge is 0.194 e. The van der Waals surface area contributed by atoms with Crippen LogP contribution in [0.1, 0.15) is 13.8 Å². The highest BCUT2D eigenvalue weighted by Gasteiger charge is 2.45. The third kappa shape index (κ3) is 1.21. The topological polar surface area (TPSA) is 57.5 Å². The summed E-state index contributed by atoms with van der Waals surface area (Å²) in [6, 6.07) is 0. The predicted octanol–water partition coefficient (Wildman–Crippen LogP) is 0.183. The van der Waals surface area contributed by atoms with Crippen molar-refractivity contribution in [2.75, 3.05) is 0 Å². The number of hydrogen-bond acceptors (Lipinski definition) is 3. The van der Waals surface area contributed by atoms with Gasteiger partial charge in [-0.2, -0.15) is 0 Å². The van der Waals surface area contributed by atoms with Gasteiger partial charge in [-0.25, -0.2) is 0 Å². The number of hydrogen-bond donors (Lipinski definition) is 2. The highest BCUT2D eigenvalue weighted by atomic mass is 16.4. The lowest BCUT2D eigenvalue weighted by Gasteiger charge is -2.34. The van der Waals surface area contributed by atoms with Crippen molar-refractivity contribution in [3.63, 3.8) is 0 Å². The van der Waals surface area contributed by atoms with Crippen LogP contribution in [0.3, 0.4) is 0 Å². The second-order valence-corrected chi connectivity index (χ2v) is 3.41. The van der Waals surface area contributed by atoms with Crippen LogP contribution in [0.4, 0.5) is 0 Å². The molecule has 2 N–H and O–H groups in total. The number of carbonyl (C=O) groups is 1. The SMILES string of the molecule is CC(C)(O)C1(O)C=CC=CC1=O. The van der Waals surface area contributed by atoms with Crippen molar-refractivity contribution in [3.8, 4) is 0 Å². The van der Waals surface area contributed by atoms with E-state index in [1.54, 1.807) is 6.08 Å². The summed E-state index contributed by atoms with van der Waals surface area (Å²) in [5, 5.41) is 19.3. The minimum atomic E-state index is -1.78. The monoisotopic (exact) mass is 168 g/mol. The van der Waals surface area contributed by atoms with Crippen LogP contribution in [0.5, 0.6) is 0 Å². The number of aliphatic hydroxyl groups is 2. The molecule has 0 saturated heterocycles. The summed E-state index contributed by atoms with van der Waals surface area (Å²) in [5.74, 6) is -0.488. The zero-order valence-corrected chi connectivity index (χ0v) is 7.11. The van der Waals surface area contributed by atoms with Gasteiger partial charge in [-0.3, -0.25) is 4.79 Å². The van der Waals surface area contributed by atoms with E-state index in [1.165, 1.54) is 32.1 Å². The molecule has 0 saturated carbocycles. The van der Waals surface area contributed by atoms with Crippen LogP contribution >= 0.6 is 0 Å². The third-order valence-electron chi connectivity index (χ3n) is 2.00. The molecule has 0 aromatic carbocycles. The summed E-state index contributed by atoms with van der Waals surface area (Å²) < 4.78 is 0. The minimum absolute atomic E-state index is 0.488. The number of rotatable bonds is 1. The average Bonchev–Trinajstić information content (AvgIpc) is 1.93. The molecular formula is C9H12O3. The summed E-state index contributed by atoms with van der Waals surface area (Å²) in [6.07, 6.45) is 5.62. The third-order valence-corrected chi connectivity index (χ3v) is 2.00. The molecule has 0 heterocycles. The second-order valence-electron chi connectivity index (χ2n) is 3.41. The minimum Gasteiger partial charge on any atom is -0.387 e. The maximum absolute atomic E-state index is 11.2. The fraction of sp³-hybridized carbons (Fsp3) is 0.444. The molecule has 1 aliphatic carbocycles. The Bertz CT molecular complexity index is 257. The number of allylic oxidation sites excluding steroid dienone is 2. The summed E-state index contributed by atoms with van der Waals surface area (Å²) in [4.78, 5) is 11.2. The van der Waals surface area contributed by atoms with Crippen LogP contribution in [0.2, 0.25) is 0 Å². The van der Waals surface area contributed by atoms with Gasteiger partial charge in [0.1, 0.15) is 0 Å². The Morgan fingerprint density at radius 3 is 2.33 bits per heavy atom. The Morgan fingerprint density at radius 1 is 1.42 bits per heavy atom. The quantitative estimate of drug-likeness (QED) is 0.587. The van der Waals surface area contributed by atoms with Gasteiger partial charge in [-0.1, -0.05) is 12.2 Å². The summed E-state index contributed by atoms with van der Waals surface area (Å²) in [5.41, 5.74) is -3.23. The lowest BCUT2D eigenvalue weighted by molar-refractivity contribution is -0.149. The molecule has 1 atom stereocenters. The normalized spacial score (nSPS) is 29.5. The van der Waals surface area contributed by atoms with Crippen LogP contribution in [0.15, 0.2) is 24.3 Å². The van der Waals surface area contributed by atoms with Crippen LogP contribution < -0.4 is 0 Å². The summed E-state index contributed by atoms with van der Waals surface area (Å²) in [7, 11) is 0. The first-order chi connectivity index (χ1) is 5.38. The molecule has 0 bridgehead atoms. The lowest BCUT2D eigenvalue weighted by Crippen LogP contribution is -2.54. The van der Waals surface area contributed by atoms with E-state index >= 15 is 0 Å². The summed E-state index contributed by atoms with van der Waals surface area (Å²) in [6.45, 7) is 2.79. The molecule has 0 radical (unpaired) electrons. The fourth-order valence-corrected chi connectivity index (χ4v) is 1.05. The molecule has 0 fully saturated rings. The molecule has 1 rings (SSSR count). The molecule has 1 unspecified atom stereocenters. The summed E-state index contributed by atoms with van der Waals surface area (Å²) >= 11 is 0. The maximum atomic E-state index is 11.2. The Morgan fingerprint density at radius 2 is 2.00 bits per heavy atom. The van der Waals surface area contributed by atoms with E-state index in [1.807, 2.05) is 0 Å². The Balaban J connectivity index is 3.07. The van der Waals surface area contributed by atoms with Crippen molar-refractivity contribution in [2.24, 2.45) is 0 Å². The Hall–Kier alpha value is -0.930.